The lowest BCUT2D eigenvalue weighted by Gasteiger charge is -2.52. The van der Waals surface area contributed by atoms with Gasteiger partial charge in [-0.15, -0.1) is 6.58 Å². The monoisotopic (exact) mass is 314 g/mol. The SMILES string of the molecule is C=C[C@@H](O)C[C@@H]1C[C@@H](O)C[C@]2(C[C@H]3C[C@H](CC(OC)O3)O2)O1. The second-order valence-corrected chi connectivity index (χ2v) is 6.62. The molecule has 3 saturated heterocycles. The summed E-state index contributed by atoms with van der Waals surface area (Å²) in [6, 6.07) is 0. The maximum absolute atomic E-state index is 10.2. The van der Waals surface area contributed by atoms with Gasteiger partial charge in [-0.3, -0.25) is 0 Å². The van der Waals surface area contributed by atoms with Crippen LogP contribution in [0.25, 0.3) is 0 Å². The highest BCUT2D eigenvalue weighted by atomic mass is 16.7. The predicted molar refractivity (Wildman–Crippen MR) is 78.1 cm³/mol. The van der Waals surface area contributed by atoms with E-state index in [9.17, 15) is 10.2 Å². The van der Waals surface area contributed by atoms with Gasteiger partial charge in [0.1, 0.15) is 0 Å². The Bertz CT molecular complexity index is 386. The molecular weight excluding hydrogens is 288 g/mol. The zero-order valence-corrected chi connectivity index (χ0v) is 13.0. The van der Waals surface area contributed by atoms with Crippen molar-refractivity contribution in [3.8, 4) is 0 Å². The van der Waals surface area contributed by atoms with Crippen LogP contribution in [0.1, 0.15) is 38.5 Å². The van der Waals surface area contributed by atoms with Gasteiger partial charge in [0.15, 0.2) is 12.1 Å². The smallest absolute Gasteiger partial charge is 0.173 e. The molecule has 3 rings (SSSR count). The van der Waals surface area contributed by atoms with Gasteiger partial charge in [0.05, 0.1) is 30.5 Å². The largest absolute Gasteiger partial charge is 0.393 e. The minimum absolute atomic E-state index is 0.0210. The van der Waals surface area contributed by atoms with Crippen molar-refractivity contribution < 1.29 is 29.2 Å². The summed E-state index contributed by atoms with van der Waals surface area (Å²) in [7, 11) is 1.63. The number of ether oxygens (including phenoxy) is 4. The molecule has 6 nitrogen and oxygen atoms in total. The van der Waals surface area contributed by atoms with Gasteiger partial charge in [0.2, 0.25) is 0 Å². The second-order valence-electron chi connectivity index (χ2n) is 6.62. The summed E-state index contributed by atoms with van der Waals surface area (Å²) in [4.78, 5) is 0. The maximum atomic E-state index is 10.2. The lowest BCUT2D eigenvalue weighted by molar-refractivity contribution is -0.370. The van der Waals surface area contributed by atoms with Crippen molar-refractivity contribution in [2.75, 3.05) is 7.11 Å². The van der Waals surface area contributed by atoms with E-state index in [1.165, 1.54) is 6.08 Å². The summed E-state index contributed by atoms with van der Waals surface area (Å²) in [5.41, 5.74) is 0. The third kappa shape index (κ3) is 3.53. The summed E-state index contributed by atoms with van der Waals surface area (Å²) in [6.07, 6.45) is 3.40. The first-order valence-corrected chi connectivity index (χ1v) is 8.04. The number of hydrogen-bond acceptors (Lipinski definition) is 6. The minimum Gasteiger partial charge on any atom is -0.393 e. The number of methoxy groups -OCH3 is 1. The van der Waals surface area contributed by atoms with E-state index in [4.69, 9.17) is 18.9 Å². The Morgan fingerprint density at radius 3 is 2.77 bits per heavy atom. The fourth-order valence-corrected chi connectivity index (χ4v) is 3.87. The molecule has 0 amide bonds. The minimum atomic E-state index is -0.810. The van der Waals surface area contributed by atoms with Gasteiger partial charge in [0, 0.05) is 39.2 Å². The molecule has 2 bridgehead atoms. The lowest BCUT2D eigenvalue weighted by Crippen LogP contribution is -2.58. The highest BCUT2D eigenvalue weighted by Crippen LogP contribution is 2.44. The van der Waals surface area contributed by atoms with Gasteiger partial charge >= 0.3 is 0 Å². The van der Waals surface area contributed by atoms with E-state index in [1.54, 1.807) is 7.11 Å². The van der Waals surface area contributed by atoms with Crippen LogP contribution in [0.2, 0.25) is 0 Å². The molecule has 3 fully saturated rings. The van der Waals surface area contributed by atoms with Crippen molar-refractivity contribution in [3.05, 3.63) is 12.7 Å². The molecule has 1 unspecified atom stereocenters. The Labute approximate surface area is 131 Å². The van der Waals surface area contributed by atoms with Crippen molar-refractivity contribution in [3.63, 3.8) is 0 Å². The molecule has 126 valence electrons. The van der Waals surface area contributed by atoms with E-state index in [2.05, 4.69) is 6.58 Å². The molecule has 2 N–H and O–H groups in total. The van der Waals surface area contributed by atoms with Crippen molar-refractivity contribution in [2.24, 2.45) is 0 Å². The lowest BCUT2D eigenvalue weighted by atomic mass is 9.87. The maximum Gasteiger partial charge on any atom is 0.173 e. The van der Waals surface area contributed by atoms with E-state index in [0.717, 1.165) is 6.42 Å². The molecule has 6 heteroatoms. The Hall–Kier alpha value is -0.500. The van der Waals surface area contributed by atoms with E-state index in [-0.39, 0.29) is 24.6 Å². The van der Waals surface area contributed by atoms with Crippen molar-refractivity contribution >= 4 is 0 Å². The van der Waals surface area contributed by atoms with E-state index >= 15 is 0 Å². The van der Waals surface area contributed by atoms with Crippen LogP contribution in [0, 0.1) is 0 Å². The van der Waals surface area contributed by atoms with Crippen LogP contribution in [0.5, 0.6) is 0 Å². The van der Waals surface area contributed by atoms with Gasteiger partial charge in [-0.1, -0.05) is 6.08 Å². The number of aliphatic hydroxyl groups is 2. The second kappa shape index (κ2) is 6.55. The fraction of sp³-hybridized carbons (Fsp3) is 0.875. The Morgan fingerprint density at radius 1 is 1.27 bits per heavy atom. The number of rotatable bonds is 4. The zero-order valence-electron chi connectivity index (χ0n) is 13.0. The molecule has 0 radical (unpaired) electrons. The van der Waals surface area contributed by atoms with Crippen LogP contribution in [-0.4, -0.2) is 59.9 Å². The number of aliphatic hydroxyl groups excluding tert-OH is 2. The van der Waals surface area contributed by atoms with Crippen LogP contribution in [0.4, 0.5) is 0 Å². The number of hydrogen-bond donors (Lipinski definition) is 2. The van der Waals surface area contributed by atoms with Gasteiger partial charge in [-0.2, -0.15) is 0 Å². The van der Waals surface area contributed by atoms with Crippen LogP contribution in [0.15, 0.2) is 12.7 Å². The van der Waals surface area contributed by atoms with Crippen LogP contribution in [-0.2, 0) is 18.9 Å². The topological polar surface area (TPSA) is 77.4 Å². The molecule has 0 aromatic heterocycles. The quantitative estimate of drug-likeness (QED) is 0.757. The standard InChI is InChI=1S/C16H26O6/c1-3-10(17)4-12-5-11(18)8-16(21-12)9-14-6-13(22-16)7-15(19-2)20-14/h3,10-15,17-18H,1,4-9H2,2H3/t10-,11-,12-,13-,14-,15?,16+/m1/s1. The van der Waals surface area contributed by atoms with Crippen LogP contribution >= 0.6 is 0 Å². The van der Waals surface area contributed by atoms with Crippen LogP contribution < -0.4 is 0 Å². The summed E-state index contributed by atoms with van der Waals surface area (Å²) in [5.74, 6) is -0.810. The van der Waals surface area contributed by atoms with E-state index in [0.29, 0.717) is 32.1 Å². The number of fused-ring (bicyclic) bond motifs is 2. The average Bonchev–Trinajstić information content (AvgIpc) is 2.44. The Kier molecular flexibility index (Phi) is 4.87. The van der Waals surface area contributed by atoms with Crippen molar-refractivity contribution in [2.45, 2.75) is 81.1 Å². The molecule has 0 aliphatic carbocycles. The van der Waals surface area contributed by atoms with Gasteiger partial charge in [-0.05, 0) is 6.42 Å². The molecule has 3 heterocycles. The third-order valence-electron chi connectivity index (χ3n) is 4.75. The van der Waals surface area contributed by atoms with Crippen molar-refractivity contribution in [1.82, 2.24) is 0 Å². The average molecular weight is 314 g/mol. The molecule has 0 aromatic rings. The highest BCUT2D eigenvalue weighted by Gasteiger charge is 2.51. The normalized spacial score (nSPS) is 46.4. The molecular formula is C16H26O6. The first kappa shape index (κ1) is 16.4. The van der Waals surface area contributed by atoms with E-state index < -0.39 is 18.0 Å². The van der Waals surface area contributed by atoms with Gasteiger partial charge < -0.3 is 29.2 Å². The Morgan fingerprint density at radius 2 is 2.09 bits per heavy atom. The third-order valence-corrected chi connectivity index (χ3v) is 4.75. The zero-order chi connectivity index (χ0) is 15.7. The fourth-order valence-electron chi connectivity index (χ4n) is 3.87. The molecule has 0 saturated carbocycles. The molecule has 3 aliphatic heterocycles. The highest BCUT2D eigenvalue weighted by molar-refractivity contribution is 4.94. The first-order chi connectivity index (χ1) is 10.5. The predicted octanol–water partition coefficient (Wildman–Crippen LogP) is 1.10. The van der Waals surface area contributed by atoms with E-state index in [1.807, 2.05) is 0 Å². The summed E-state index contributed by atoms with van der Waals surface area (Å²) >= 11 is 0. The summed E-state index contributed by atoms with van der Waals surface area (Å²) in [5, 5.41) is 20.0. The van der Waals surface area contributed by atoms with Crippen LogP contribution in [0.3, 0.4) is 0 Å². The molecule has 22 heavy (non-hydrogen) atoms. The van der Waals surface area contributed by atoms with Gasteiger partial charge in [-0.25, -0.2) is 0 Å². The van der Waals surface area contributed by atoms with Gasteiger partial charge in [0.25, 0.3) is 0 Å². The summed E-state index contributed by atoms with van der Waals surface area (Å²) < 4.78 is 23.5. The molecule has 7 atom stereocenters. The summed E-state index contributed by atoms with van der Waals surface area (Å²) in [6.45, 7) is 3.58. The first-order valence-electron chi connectivity index (χ1n) is 8.04. The van der Waals surface area contributed by atoms with Crippen molar-refractivity contribution in [1.29, 1.82) is 0 Å². The molecule has 3 aliphatic rings. The molecule has 0 aromatic carbocycles. The molecule has 1 spiro atoms. The Balaban J connectivity index is 1.68.